The van der Waals surface area contributed by atoms with E-state index in [0.29, 0.717) is 22.1 Å². The number of hydrogen-bond donors (Lipinski definition) is 0. The molecule has 0 aromatic heterocycles. The lowest BCUT2D eigenvalue weighted by Crippen LogP contribution is -2.16. The smallest absolute Gasteiger partial charge is 0.310 e. The fourth-order valence-electron chi connectivity index (χ4n) is 2.15. The van der Waals surface area contributed by atoms with Crippen LogP contribution < -0.4 is 9.47 Å². The van der Waals surface area contributed by atoms with E-state index in [-0.39, 0.29) is 17.0 Å². The van der Waals surface area contributed by atoms with Gasteiger partial charge in [0.25, 0.3) is 0 Å². The van der Waals surface area contributed by atoms with Crippen molar-refractivity contribution in [3.05, 3.63) is 57.6 Å². The van der Waals surface area contributed by atoms with Crippen LogP contribution in [0.1, 0.15) is 15.9 Å². The van der Waals surface area contributed by atoms with Crippen molar-refractivity contribution in [2.24, 2.45) is 0 Å². The third-order valence-corrected chi connectivity index (χ3v) is 3.94. The van der Waals surface area contributed by atoms with Gasteiger partial charge in [0.2, 0.25) is 5.78 Å². The van der Waals surface area contributed by atoms with Crippen LogP contribution in [0.25, 0.3) is 0 Å². The molecule has 0 aliphatic rings. The molecule has 0 aliphatic carbocycles. The third kappa shape index (κ3) is 5.11. The average molecular weight is 383 g/mol. The predicted molar refractivity (Wildman–Crippen MR) is 95.0 cm³/mol. The Kier molecular flexibility index (Phi) is 6.67. The zero-order chi connectivity index (χ0) is 18.4. The van der Waals surface area contributed by atoms with Crippen LogP contribution in [0, 0.1) is 0 Å². The molecule has 7 heteroatoms. The van der Waals surface area contributed by atoms with Crippen molar-refractivity contribution in [1.29, 1.82) is 0 Å². The van der Waals surface area contributed by atoms with Crippen molar-refractivity contribution in [2.45, 2.75) is 6.42 Å². The lowest BCUT2D eigenvalue weighted by molar-refractivity contribution is -0.141. The molecule has 0 spiro atoms. The van der Waals surface area contributed by atoms with E-state index in [0.717, 1.165) is 0 Å². The van der Waals surface area contributed by atoms with Gasteiger partial charge in [-0.15, -0.1) is 0 Å². The van der Waals surface area contributed by atoms with Gasteiger partial charge in [-0.05, 0) is 35.9 Å². The fourth-order valence-corrected chi connectivity index (χ4v) is 2.66. The van der Waals surface area contributed by atoms with Crippen LogP contribution in [0.3, 0.4) is 0 Å². The topological polar surface area (TPSA) is 61.8 Å². The van der Waals surface area contributed by atoms with E-state index in [1.54, 1.807) is 24.3 Å². The van der Waals surface area contributed by atoms with E-state index in [1.807, 2.05) is 0 Å². The molecule has 0 heterocycles. The normalized spacial score (nSPS) is 10.2. The van der Waals surface area contributed by atoms with Crippen molar-refractivity contribution >= 4 is 35.0 Å². The van der Waals surface area contributed by atoms with Crippen LogP contribution in [0.4, 0.5) is 0 Å². The number of ketones is 1. The predicted octanol–water partition coefficient (Wildman–Crippen LogP) is 3.98. The Morgan fingerprint density at radius 3 is 2.32 bits per heavy atom. The quantitative estimate of drug-likeness (QED) is 0.535. The molecule has 0 bridgehead atoms. The summed E-state index contributed by atoms with van der Waals surface area (Å²) in [6.45, 7) is -0.395. The lowest BCUT2D eigenvalue weighted by atomic mass is 10.1. The largest absolute Gasteiger partial charge is 0.493 e. The summed E-state index contributed by atoms with van der Waals surface area (Å²) in [5.41, 5.74) is 0.935. The maximum Gasteiger partial charge on any atom is 0.310 e. The Bertz CT molecular complexity index is 789. The summed E-state index contributed by atoms with van der Waals surface area (Å²) in [5, 5.41) is 0.639. The molecule has 2 aromatic carbocycles. The number of carbonyl (C=O) groups is 2. The first-order valence-corrected chi connectivity index (χ1v) is 8.05. The SMILES string of the molecule is COc1ccc(CC(=O)OCC(=O)c2ccc(Cl)cc2Cl)cc1OC. The molecule has 0 saturated heterocycles. The summed E-state index contributed by atoms with van der Waals surface area (Å²) in [4.78, 5) is 24.0. The molecular weight excluding hydrogens is 367 g/mol. The Morgan fingerprint density at radius 2 is 1.68 bits per heavy atom. The zero-order valence-electron chi connectivity index (χ0n) is 13.7. The third-order valence-electron chi connectivity index (χ3n) is 3.39. The van der Waals surface area contributed by atoms with Crippen molar-refractivity contribution in [3.8, 4) is 11.5 Å². The number of esters is 1. The van der Waals surface area contributed by atoms with Gasteiger partial charge in [0.05, 0.1) is 25.7 Å². The van der Waals surface area contributed by atoms with Gasteiger partial charge in [0.15, 0.2) is 18.1 Å². The average Bonchev–Trinajstić information content (AvgIpc) is 2.59. The van der Waals surface area contributed by atoms with E-state index in [1.165, 1.54) is 26.4 Å². The van der Waals surface area contributed by atoms with E-state index < -0.39 is 18.4 Å². The number of Topliss-reactive ketones (excluding diaryl/α,β-unsaturated/α-hetero) is 1. The number of carbonyl (C=O) groups excluding carboxylic acids is 2. The van der Waals surface area contributed by atoms with E-state index in [9.17, 15) is 9.59 Å². The molecule has 5 nitrogen and oxygen atoms in total. The van der Waals surface area contributed by atoms with Gasteiger partial charge in [-0.2, -0.15) is 0 Å². The van der Waals surface area contributed by atoms with Gasteiger partial charge >= 0.3 is 5.97 Å². The van der Waals surface area contributed by atoms with Crippen LogP contribution in [0.15, 0.2) is 36.4 Å². The summed E-state index contributed by atoms with van der Waals surface area (Å²) in [6.07, 6.45) is 0.00197. The Hall–Kier alpha value is -2.24. The van der Waals surface area contributed by atoms with E-state index in [4.69, 9.17) is 37.4 Å². The summed E-state index contributed by atoms with van der Waals surface area (Å²) in [5.74, 6) is 0.136. The molecule has 0 fully saturated rings. The molecule has 0 N–H and O–H groups in total. The maximum atomic E-state index is 12.1. The fraction of sp³-hybridized carbons (Fsp3) is 0.222. The van der Waals surface area contributed by atoms with Crippen LogP contribution in [0.2, 0.25) is 10.0 Å². The monoisotopic (exact) mass is 382 g/mol. The first-order chi connectivity index (χ1) is 11.9. The molecule has 25 heavy (non-hydrogen) atoms. The maximum absolute atomic E-state index is 12.1. The van der Waals surface area contributed by atoms with E-state index in [2.05, 4.69) is 0 Å². The van der Waals surface area contributed by atoms with Gasteiger partial charge in [0, 0.05) is 10.6 Å². The van der Waals surface area contributed by atoms with Gasteiger partial charge in [-0.3, -0.25) is 9.59 Å². The molecule has 0 saturated carbocycles. The number of methoxy groups -OCH3 is 2. The van der Waals surface area contributed by atoms with Gasteiger partial charge in [-0.25, -0.2) is 0 Å². The summed E-state index contributed by atoms with van der Waals surface area (Å²) >= 11 is 11.7. The highest BCUT2D eigenvalue weighted by Gasteiger charge is 2.14. The molecule has 132 valence electrons. The van der Waals surface area contributed by atoms with E-state index >= 15 is 0 Å². The second-order valence-corrected chi connectivity index (χ2v) is 5.92. The minimum Gasteiger partial charge on any atom is -0.493 e. The van der Waals surface area contributed by atoms with Crippen LogP contribution in [-0.4, -0.2) is 32.6 Å². The second kappa shape index (κ2) is 8.74. The first kappa shape index (κ1) is 19.1. The highest BCUT2D eigenvalue weighted by molar-refractivity contribution is 6.36. The summed E-state index contributed by atoms with van der Waals surface area (Å²) < 4.78 is 15.3. The number of halogens is 2. The number of hydrogen-bond acceptors (Lipinski definition) is 5. The molecule has 0 amide bonds. The van der Waals surface area contributed by atoms with Gasteiger partial charge < -0.3 is 14.2 Å². The second-order valence-electron chi connectivity index (χ2n) is 5.07. The molecule has 0 atom stereocenters. The van der Waals surface area contributed by atoms with Crippen LogP contribution >= 0.6 is 23.2 Å². The van der Waals surface area contributed by atoms with Crippen LogP contribution in [-0.2, 0) is 16.0 Å². The summed E-state index contributed by atoms with van der Waals surface area (Å²) in [7, 11) is 3.04. The molecule has 0 aliphatic heterocycles. The molecular formula is C18H16Cl2O5. The van der Waals surface area contributed by atoms with Crippen molar-refractivity contribution < 1.29 is 23.8 Å². The molecule has 2 rings (SSSR count). The Labute approximate surface area is 155 Å². The van der Waals surface area contributed by atoms with Gasteiger partial charge in [0.1, 0.15) is 0 Å². The van der Waals surface area contributed by atoms with Gasteiger partial charge in [-0.1, -0.05) is 29.3 Å². The highest BCUT2D eigenvalue weighted by Crippen LogP contribution is 2.27. The van der Waals surface area contributed by atoms with Crippen molar-refractivity contribution in [1.82, 2.24) is 0 Å². The molecule has 2 aromatic rings. The molecule has 0 unspecified atom stereocenters. The zero-order valence-corrected chi connectivity index (χ0v) is 15.2. The first-order valence-electron chi connectivity index (χ1n) is 7.29. The number of benzene rings is 2. The minimum absolute atomic E-state index is 0.00197. The standard InChI is InChI=1S/C18H16Cl2O5/c1-23-16-6-3-11(7-17(16)24-2)8-18(22)25-10-15(21)13-5-4-12(19)9-14(13)20/h3-7,9H,8,10H2,1-2H3. The Morgan fingerprint density at radius 1 is 0.960 bits per heavy atom. The van der Waals surface area contributed by atoms with Crippen molar-refractivity contribution in [3.63, 3.8) is 0 Å². The number of rotatable bonds is 7. The van der Waals surface area contributed by atoms with Crippen molar-refractivity contribution in [2.75, 3.05) is 20.8 Å². The molecule has 0 radical (unpaired) electrons. The summed E-state index contributed by atoms with van der Waals surface area (Å²) in [6, 6.07) is 9.60. The lowest BCUT2D eigenvalue weighted by Gasteiger charge is -2.10. The minimum atomic E-state index is -0.536. The highest BCUT2D eigenvalue weighted by atomic mass is 35.5. The Balaban J connectivity index is 1.95. The van der Waals surface area contributed by atoms with Crippen LogP contribution in [0.5, 0.6) is 11.5 Å². The number of ether oxygens (including phenoxy) is 3.